The summed E-state index contributed by atoms with van der Waals surface area (Å²) < 4.78 is 25.9. The second kappa shape index (κ2) is 5.81. The van der Waals surface area contributed by atoms with Gasteiger partial charge in [-0.05, 0) is 50.9 Å². The molecule has 20 heavy (non-hydrogen) atoms. The van der Waals surface area contributed by atoms with E-state index in [-0.39, 0.29) is 10.9 Å². The Labute approximate surface area is 120 Å². The third-order valence-corrected chi connectivity index (χ3v) is 5.37. The van der Waals surface area contributed by atoms with Gasteiger partial charge in [-0.15, -0.1) is 0 Å². The van der Waals surface area contributed by atoms with Crippen LogP contribution in [0, 0.1) is 0 Å². The van der Waals surface area contributed by atoms with Crippen molar-refractivity contribution in [3.63, 3.8) is 0 Å². The predicted octanol–water partition coefficient (Wildman–Crippen LogP) is 1.16. The molecule has 0 amide bonds. The van der Waals surface area contributed by atoms with Crippen LogP contribution in [0.2, 0.25) is 0 Å². The average Bonchev–Trinajstić information content (AvgIpc) is 2.42. The molecule has 1 saturated carbocycles. The van der Waals surface area contributed by atoms with Gasteiger partial charge in [0.05, 0.1) is 10.5 Å². The molecule has 6 heteroatoms. The normalized spacial score (nSPS) is 19.4. The number of hydrogen-bond donors (Lipinski definition) is 3. The van der Waals surface area contributed by atoms with E-state index >= 15 is 0 Å². The minimum Gasteiger partial charge on any atom is -0.389 e. The summed E-state index contributed by atoms with van der Waals surface area (Å²) in [6, 6.07) is 6.84. The Morgan fingerprint density at radius 1 is 1.40 bits per heavy atom. The lowest BCUT2D eigenvalue weighted by Crippen LogP contribution is -2.46. The van der Waals surface area contributed by atoms with E-state index in [9.17, 15) is 13.5 Å². The molecule has 2 rings (SSSR count). The quantitative estimate of drug-likeness (QED) is 0.736. The number of rotatable bonds is 6. The van der Waals surface area contributed by atoms with E-state index in [1.807, 2.05) is 13.0 Å². The summed E-state index contributed by atoms with van der Waals surface area (Å²) in [6.45, 7) is 2.50. The van der Waals surface area contributed by atoms with E-state index < -0.39 is 15.6 Å². The van der Waals surface area contributed by atoms with E-state index in [0.717, 1.165) is 24.8 Å². The number of sulfonamides is 1. The molecule has 1 fully saturated rings. The minimum atomic E-state index is -3.42. The van der Waals surface area contributed by atoms with Gasteiger partial charge in [0.25, 0.3) is 0 Å². The Morgan fingerprint density at radius 2 is 2.10 bits per heavy atom. The van der Waals surface area contributed by atoms with Crippen molar-refractivity contribution in [3.05, 3.63) is 29.8 Å². The Kier molecular flexibility index (Phi) is 4.49. The third kappa shape index (κ3) is 3.38. The summed E-state index contributed by atoms with van der Waals surface area (Å²) in [5.74, 6) is 0. The summed E-state index contributed by atoms with van der Waals surface area (Å²) in [5, 5.41) is 13.3. The Balaban J connectivity index is 2.06. The lowest BCUT2D eigenvalue weighted by molar-refractivity contribution is -0.0329. The largest absolute Gasteiger partial charge is 0.389 e. The predicted molar refractivity (Wildman–Crippen MR) is 77.9 cm³/mol. The molecule has 0 aliphatic heterocycles. The van der Waals surface area contributed by atoms with Gasteiger partial charge in [-0.2, -0.15) is 0 Å². The first-order chi connectivity index (χ1) is 9.36. The number of benzene rings is 1. The van der Waals surface area contributed by atoms with Crippen LogP contribution < -0.4 is 10.0 Å². The third-order valence-electron chi connectivity index (χ3n) is 3.96. The van der Waals surface area contributed by atoms with E-state index in [4.69, 9.17) is 0 Å². The van der Waals surface area contributed by atoms with Crippen molar-refractivity contribution in [2.75, 3.05) is 13.6 Å². The highest BCUT2D eigenvalue weighted by Crippen LogP contribution is 2.31. The van der Waals surface area contributed by atoms with Crippen molar-refractivity contribution in [1.82, 2.24) is 10.0 Å². The lowest BCUT2D eigenvalue weighted by atomic mass is 9.80. The molecule has 1 aliphatic rings. The number of nitrogens with one attached hydrogen (secondary N) is 2. The van der Waals surface area contributed by atoms with Crippen LogP contribution in [-0.4, -0.2) is 32.7 Å². The number of hydrogen-bond acceptors (Lipinski definition) is 4. The van der Waals surface area contributed by atoms with Crippen LogP contribution in [0.3, 0.4) is 0 Å². The molecular formula is C14H22N2O3S. The molecule has 1 aliphatic carbocycles. The van der Waals surface area contributed by atoms with Crippen LogP contribution in [0.5, 0.6) is 0 Å². The first kappa shape index (κ1) is 15.4. The van der Waals surface area contributed by atoms with Crippen molar-refractivity contribution in [2.24, 2.45) is 0 Å². The standard InChI is InChI=1S/C14H22N2O3S/c1-11(16-10-14(17)7-4-8-14)12-5-3-6-13(9-12)20(18,19)15-2/h3,5-6,9,11,15-17H,4,7-8,10H2,1-2H3. The Bertz CT molecular complexity index is 568. The first-order valence-corrected chi connectivity index (χ1v) is 8.34. The molecule has 1 atom stereocenters. The molecule has 112 valence electrons. The highest BCUT2D eigenvalue weighted by Gasteiger charge is 2.34. The molecule has 3 N–H and O–H groups in total. The molecule has 0 saturated heterocycles. The topological polar surface area (TPSA) is 78.4 Å². The fourth-order valence-corrected chi connectivity index (χ4v) is 3.08. The zero-order chi connectivity index (χ0) is 14.8. The SMILES string of the molecule is CNS(=O)(=O)c1cccc(C(C)NCC2(O)CCC2)c1. The maximum Gasteiger partial charge on any atom is 0.240 e. The average molecular weight is 298 g/mol. The summed E-state index contributed by atoms with van der Waals surface area (Å²) >= 11 is 0. The summed E-state index contributed by atoms with van der Waals surface area (Å²) in [6.07, 6.45) is 2.74. The maximum absolute atomic E-state index is 11.8. The maximum atomic E-state index is 11.8. The molecule has 0 radical (unpaired) electrons. The molecule has 1 aromatic carbocycles. The summed E-state index contributed by atoms with van der Waals surface area (Å²) in [5.41, 5.74) is 0.312. The van der Waals surface area contributed by atoms with Crippen LogP contribution in [0.4, 0.5) is 0 Å². The van der Waals surface area contributed by atoms with Crippen LogP contribution in [0.15, 0.2) is 29.2 Å². The van der Waals surface area contributed by atoms with Crippen molar-refractivity contribution in [3.8, 4) is 0 Å². The van der Waals surface area contributed by atoms with Gasteiger partial charge in [0, 0.05) is 12.6 Å². The monoisotopic (exact) mass is 298 g/mol. The highest BCUT2D eigenvalue weighted by molar-refractivity contribution is 7.89. The zero-order valence-corrected chi connectivity index (χ0v) is 12.7. The van der Waals surface area contributed by atoms with E-state index in [1.54, 1.807) is 18.2 Å². The van der Waals surface area contributed by atoms with Gasteiger partial charge in [-0.25, -0.2) is 13.1 Å². The van der Waals surface area contributed by atoms with Gasteiger partial charge in [-0.1, -0.05) is 12.1 Å². The van der Waals surface area contributed by atoms with Crippen LogP contribution in [-0.2, 0) is 10.0 Å². The van der Waals surface area contributed by atoms with Crippen molar-refractivity contribution >= 4 is 10.0 Å². The van der Waals surface area contributed by atoms with Crippen LogP contribution in [0.25, 0.3) is 0 Å². The molecule has 0 aromatic heterocycles. The summed E-state index contributed by atoms with van der Waals surface area (Å²) in [4.78, 5) is 0.258. The van der Waals surface area contributed by atoms with Crippen LogP contribution in [0.1, 0.15) is 37.8 Å². The molecule has 1 aromatic rings. The second-order valence-electron chi connectivity index (χ2n) is 5.46. The van der Waals surface area contributed by atoms with E-state index in [0.29, 0.717) is 6.54 Å². The van der Waals surface area contributed by atoms with Crippen molar-refractivity contribution in [2.45, 2.75) is 42.7 Å². The van der Waals surface area contributed by atoms with Crippen molar-refractivity contribution in [1.29, 1.82) is 0 Å². The fraction of sp³-hybridized carbons (Fsp3) is 0.571. The van der Waals surface area contributed by atoms with Gasteiger partial charge in [0.15, 0.2) is 0 Å². The Hall–Kier alpha value is -0.950. The van der Waals surface area contributed by atoms with E-state index in [1.165, 1.54) is 7.05 Å². The smallest absolute Gasteiger partial charge is 0.240 e. The molecule has 1 unspecified atom stereocenters. The zero-order valence-electron chi connectivity index (χ0n) is 11.9. The lowest BCUT2D eigenvalue weighted by Gasteiger charge is -2.37. The van der Waals surface area contributed by atoms with Gasteiger partial charge in [0.1, 0.15) is 0 Å². The molecule has 5 nitrogen and oxygen atoms in total. The van der Waals surface area contributed by atoms with Gasteiger partial charge in [-0.3, -0.25) is 0 Å². The first-order valence-electron chi connectivity index (χ1n) is 6.86. The minimum absolute atomic E-state index is 0.00775. The summed E-state index contributed by atoms with van der Waals surface area (Å²) in [7, 11) is -2.02. The van der Waals surface area contributed by atoms with Gasteiger partial charge < -0.3 is 10.4 Å². The van der Waals surface area contributed by atoms with Crippen LogP contribution >= 0.6 is 0 Å². The molecule has 0 spiro atoms. The molecular weight excluding hydrogens is 276 g/mol. The molecule has 0 heterocycles. The molecule has 0 bridgehead atoms. The highest BCUT2D eigenvalue weighted by atomic mass is 32.2. The van der Waals surface area contributed by atoms with Gasteiger partial charge >= 0.3 is 0 Å². The second-order valence-corrected chi connectivity index (χ2v) is 7.35. The fourth-order valence-electron chi connectivity index (χ4n) is 2.29. The Morgan fingerprint density at radius 3 is 2.65 bits per heavy atom. The van der Waals surface area contributed by atoms with E-state index in [2.05, 4.69) is 10.0 Å². The van der Waals surface area contributed by atoms with Gasteiger partial charge in [0.2, 0.25) is 10.0 Å². The van der Waals surface area contributed by atoms with Crippen molar-refractivity contribution < 1.29 is 13.5 Å². The number of aliphatic hydroxyl groups is 1.